The van der Waals surface area contributed by atoms with Gasteiger partial charge in [0.2, 0.25) is 0 Å². The summed E-state index contributed by atoms with van der Waals surface area (Å²) in [5, 5.41) is 3.46. The van der Waals surface area contributed by atoms with Crippen molar-refractivity contribution in [3.05, 3.63) is 51.3 Å². The highest BCUT2D eigenvalue weighted by Gasteiger charge is 2.25. The van der Waals surface area contributed by atoms with Crippen LogP contribution >= 0.6 is 11.6 Å². The minimum Gasteiger partial charge on any atom is -0.461 e. The van der Waals surface area contributed by atoms with Gasteiger partial charge in [-0.1, -0.05) is 17.7 Å². The number of benzene rings is 1. The molecule has 0 aliphatic heterocycles. The fourth-order valence-electron chi connectivity index (χ4n) is 2.73. The van der Waals surface area contributed by atoms with Crippen LogP contribution < -0.4 is 5.32 Å². The highest BCUT2D eigenvalue weighted by molar-refractivity contribution is 6.31. The van der Waals surface area contributed by atoms with Gasteiger partial charge in [-0.05, 0) is 51.0 Å². The maximum Gasteiger partial charge on any atom is 0.355 e. The van der Waals surface area contributed by atoms with Crippen molar-refractivity contribution in [1.29, 1.82) is 0 Å². The number of hydrogen-bond donors (Lipinski definition) is 1. The smallest absolute Gasteiger partial charge is 0.355 e. The van der Waals surface area contributed by atoms with Crippen LogP contribution in [-0.4, -0.2) is 23.1 Å². The molecule has 0 bridgehead atoms. The molecule has 0 aliphatic carbocycles. The Morgan fingerprint density at radius 2 is 1.88 bits per heavy atom. The lowest BCUT2D eigenvalue weighted by molar-refractivity contribution is 0.0514. The van der Waals surface area contributed by atoms with E-state index >= 15 is 0 Å². The Balaban J connectivity index is 2.42. The van der Waals surface area contributed by atoms with Gasteiger partial charge in [-0.3, -0.25) is 4.79 Å². The van der Waals surface area contributed by atoms with Crippen LogP contribution in [0, 0.1) is 20.8 Å². The predicted molar refractivity (Wildman–Crippen MR) is 95.0 cm³/mol. The summed E-state index contributed by atoms with van der Waals surface area (Å²) in [6.07, 6.45) is 0. The topological polar surface area (TPSA) is 60.3 Å². The summed E-state index contributed by atoms with van der Waals surface area (Å²) < 4.78 is 6.77. The lowest BCUT2D eigenvalue weighted by atomic mass is 10.1. The average molecular weight is 349 g/mol. The summed E-state index contributed by atoms with van der Waals surface area (Å²) in [6, 6.07) is 5.34. The van der Waals surface area contributed by atoms with Crippen LogP contribution in [0.1, 0.15) is 44.6 Å². The Bertz CT molecular complexity index is 809. The summed E-state index contributed by atoms with van der Waals surface area (Å²) in [5.74, 6) is -0.708. The van der Waals surface area contributed by atoms with E-state index in [4.69, 9.17) is 16.3 Å². The van der Waals surface area contributed by atoms with Gasteiger partial charge in [-0.15, -0.1) is 0 Å². The van der Waals surface area contributed by atoms with E-state index in [1.165, 1.54) is 0 Å². The van der Waals surface area contributed by atoms with Gasteiger partial charge in [0.25, 0.3) is 5.91 Å². The fourth-order valence-corrected chi connectivity index (χ4v) is 2.90. The number of halogens is 1. The van der Waals surface area contributed by atoms with Crippen LogP contribution in [0.25, 0.3) is 0 Å². The number of nitrogens with zero attached hydrogens (tertiary/aromatic N) is 1. The number of carbonyl (C=O) groups excluding carboxylic acids is 2. The van der Waals surface area contributed by atoms with Crippen LogP contribution in [0.15, 0.2) is 18.2 Å². The second kappa shape index (κ2) is 7.09. The zero-order valence-electron chi connectivity index (χ0n) is 14.5. The Morgan fingerprint density at radius 3 is 2.50 bits per heavy atom. The van der Waals surface area contributed by atoms with E-state index in [-0.39, 0.29) is 12.5 Å². The van der Waals surface area contributed by atoms with Gasteiger partial charge in [-0.25, -0.2) is 4.79 Å². The summed E-state index contributed by atoms with van der Waals surface area (Å²) in [7, 11) is 1.75. The fraction of sp³-hybridized carbons (Fsp3) is 0.333. The van der Waals surface area contributed by atoms with E-state index in [0.29, 0.717) is 33.2 Å². The quantitative estimate of drug-likeness (QED) is 0.848. The van der Waals surface area contributed by atoms with Gasteiger partial charge in [0.15, 0.2) is 0 Å². The molecule has 1 heterocycles. The molecule has 1 amide bonds. The zero-order chi connectivity index (χ0) is 18.0. The highest BCUT2D eigenvalue weighted by Crippen LogP contribution is 2.26. The van der Waals surface area contributed by atoms with Crippen molar-refractivity contribution in [2.45, 2.75) is 27.7 Å². The van der Waals surface area contributed by atoms with E-state index in [0.717, 1.165) is 5.56 Å². The van der Waals surface area contributed by atoms with Gasteiger partial charge in [0, 0.05) is 23.5 Å². The minimum absolute atomic E-state index is 0.276. The number of amides is 1. The molecule has 2 aromatic rings. The molecule has 5 nitrogen and oxygen atoms in total. The van der Waals surface area contributed by atoms with Crippen LogP contribution in [0.4, 0.5) is 5.69 Å². The number of aromatic nitrogens is 1. The van der Waals surface area contributed by atoms with Crippen LogP contribution in [-0.2, 0) is 11.8 Å². The first kappa shape index (κ1) is 18.1. The normalized spacial score (nSPS) is 10.6. The van der Waals surface area contributed by atoms with E-state index in [1.54, 1.807) is 50.6 Å². The maximum atomic E-state index is 12.7. The van der Waals surface area contributed by atoms with E-state index in [9.17, 15) is 9.59 Å². The first-order valence-electron chi connectivity index (χ1n) is 7.69. The third-order valence-corrected chi connectivity index (χ3v) is 4.55. The monoisotopic (exact) mass is 348 g/mol. The number of ether oxygens (including phenoxy) is 1. The Labute approximate surface area is 146 Å². The third kappa shape index (κ3) is 3.17. The molecular formula is C18H21ClN2O3. The third-order valence-electron chi connectivity index (χ3n) is 4.14. The number of rotatable bonds is 4. The molecule has 2 rings (SSSR count). The number of esters is 1. The molecule has 6 heteroatoms. The summed E-state index contributed by atoms with van der Waals surface area (Å²) in [6.45, 7) is 7.42. The molecule has 0 saturated heterocycles. The molecule has 128 valence electrons. The van der Waals surface area contributed by atoms with Gasteiger partial charge >= 0.3 is 5.97 Å². The van der Waals surface area contributed by atoms with E-state index in [1.807, 2.05) is 6.92 Å². The lowest BCUT2D eigenvalue weighted by Gasteiger charge is -2.10. The average Bonchev–Trinajstić information content (AvgIpc) is 2.74. The van der Waals surface area contributed by atoms with Crippen LogP contribution in [0.2, 0.25) is 5.02 Å². The summed E-state index contributed by atoms with van der Waals surface area (Å²) in [4.78, 5) is 24.9. The maximum absolute atomic E-state index is 12.7. The molecule has 24 heavy (non-hydrogen) atoms. The largest absolute Gasteiger partial charge is 0.461 e. The molecule has 1 N–H and O–H groups in total. The van der Waals surface area contributed by atoms with Gasteiger partial charge < -0.3 is 14.6 Å². The molecule has 0 aliphatic rings. The van der Waals surface area contributed by atoms with Crippen molar-refractivity contribution in [2.24, 2.45) is 7.05 Å². The molecule has 0 unspecified atom stereocenters. The number of carbonyl (C=O) groups is 2. The molecule has 1 aromatic heterocycles. The molecular weight excluding hydrogens is 328 g/mol. The Morgan fingerprint density at radius 1 is 1.21 bits per heavy atom. The van der Waals surface area contributed by atoms with Crippen LogP contribution in [0.3, 0.4) is 0 Å². The summed E-state index contributed by atoms with van der Waals surface area (Å²) in [5.41, 5.74) is 3.61. The Hall–Kier alpha value is -2.27. The number of anilines is 1. The van der Waals surface area contributed by atoms with Gasteiger partial charge in [-0.2, -0.15) is 0 Å². The molecule has 0 atom stereocenters. The summed E-state index contributed by atoms with van der Waals surface area (Å²) >= 11 is 6.09. The molecule has 0 fully saturated rings. The first-order chi connectivity index (χ1) is 11.3. The minimum atomic E-state index is -0.432. The molecule has 1 aromatic carbocycles. The standard InChI is InChI=1S/C18H21ClN2O3/c1-6-24-18(23)16-11(3)15(12(4)21(16)5)17(22)20-14-9-7-8-13(19)10(14)2/h7-9H,6H2,1-5H3,(H,20,22). The van der Waals surface area contributed by atoms with Crippen molar-refractivity contribution in [3.63, 3.8) is 0 Å². The van der Waals surface area contributed by atoms with Crippen molar-refractivity contribution in [3.8, 4) is 0 Å². The number of hydrogen-bond acceptors (Lipinski definition) is 3. The highest BCUT2D eigenvalue weighted by atomic mass is 35.5. The predicted octanol–water partition coefficient (Wildman–Crippen LogP) is 4.03. The second-order valence-corrected chi connectivity index (χ2v) is 5.99. The van der Waals surface area contributed by atoms with Crippen molar-refractivity contribution >= 4 is 29.2 Å². The van der Waals surface area contributed by atoms with Gasteiger partial charge in [0.1, 0.15) is 5.69 Å². The van der Waals surface area contributed by atoms with E-state index in [2.05, 4.69) is 5.32 Å². The van der Waals surface area contributed by atoms with Crippen molar-refractivity contribution in [1.82, 2.24) is 4.57 Å². The van der Waals surface area contributed by atoms with E-state index < -0.39 is 5.97 Å². The molecule has 0 radical (unpaired) electrons. The van der Waals surface area contributed by atoms with Gasteiger partial charge in [0.05, 0.1) is 12.2 Å². The second-order valence-electron chi connectivity index (χ2n) is 5.58. The lowest BCUT2D eigenvalue weighted by Crippen LogP contribution is -2.15. The molecule has 0 saturated carbocycles. The zero-order valence-corrected chi connectivity index (χ0v) is 15.2. The SMILES string of the molecule is CCOC(=O)c1c(C)c(C(=O)Nc2cccc(Cl)c2C)c(C)n1C. The first-order valence-corrected chi connectivity index (χ1v) is 8.06. The Kier molecular flexibility index (Phi) is 5.34. The van der Waals surface area contributed by atoms with Crippen molar-refractivity contribution < 1.29 is 14.3 Å². The number of nitrogens with one attached hydrogen (secondary N) is 1. The van der Waals surface area contributed by atoms with Crippen molar-refractivity contribution in [2.75, 3.05) is 11.9 Å². The van der Waals surface area contributed by atoms with Crippen LogP contribution in [0.5, 0.6) is 0 Å². The molecule has 0 spiro atoms.